The fourth-order valence-corrected chi connectivity index (χ4v) is 6.74. The van der Waals surface area contributed by atoms with Crippen LogP contribution in [0.25, 0.3) is 11.1 Å². The van der Waals surface area contributed by atoms with Crippen molar-refractivity contribution in [3.8, 4) is 34.4 Å². The number of ether oxygens (including phenoxy) is 4. The Balaban J connectivity index is 0.00000497. The monoisotopic (exact) mass is 783 g/mol. The number of benzene rings is 5. The number of methoxy groups -OCH3 is 1. The Bertz CT molecular complexity index is 2170. The summed E-state index contributed by atoms with van der Waals surface area (Å²) >= 11 is 12.1. The van der Waals surface area contributed by atoms with Crippen LogP contribution in [0.15, 0.2) is 103 Å². The zero-order chi connectivity index (χ0) is 36.9. The van der Waals surface area contributed by atoms with Crippen LogP contribution >= 0.6 is 35.6 Å². The molecule has 0 spiro atoms. The number of halogens is 3. The smallest absolute Gasteiger partial charge is 0.328 e. The SMILES string of the molecule is COC(=O)[C@H](Cc1ccc(-c2ccc(C#N)cc2)cc1)NC(=O)C1Cc2cc3c(cc2CN1)O[C@@H](c1ccc(OCc2ccc(Cl)c(Cl)c2)cc1)CO3.Cl. The Morgan fingerprint density at radius 3 is 2.26 bits per heavy atom. The normalized spacial score (nSPS) is 16.1. The number of carbonyl (C=O) groups is 2. The molecule has 1 unspecified atom stereocenters. The van der Waals surface area contributed by atoms with E-state index in [0.717, 1.165) is 38.9 Å². The largest absolute Gasteiger partial charge is 0.489 e. The molecule has 2 heterocycles. The Hall–Kier alpha value is -5.24. The maximum atomic E-state index is 13.5. The summed E-state index contributed by atoms with van der Waals surface area (Å²) in [5.74, 6) is 1.16. The lowest BCUT2D eigenvalue weighted by Gasteiger charge is -2.31. The summed E-state index contributed by atoms with van der Waals surface area (Å²) in [6.07, 6.45) is 0.379. The third kappa shape index (κ3) is 8.92. The van der Waals surface area contributed by atoms with Crippen molar-refractivity contribution in [2.24, 2.45) is 0 Å². The van der Waals surface area contributed by atoms with Gasteiger partial charge in [-0.05, 0) is 93.9 Å². The molecule has 9 nitrogen and oxygen atoms in total. The van der Waals surface area contributed by atoms with Gasteiger partial charge in [-0.25, -0.2) is 4.79 Å². The topological polar surface area (TPSA) is 119 Å². The minimum atomic E-state index is -0.864. The van der Waals surface area contributed by atoms with E-state index in [1.807, 2.05) is 78.9 Å². The number of nitriles is 1. The van der Waals surface area contributed by atoms with Crippen molar-refractivity contribution in [2.45, 2.75) is 44.2 Å². The molecule has 2 N–H and O–H groups in total. The fourth-order valence-electron chi connectivity index (χ4n) is 6.42. The molecule has 0 fully saturated rings. The lowest BCUT2D eigenvalue weighted by atomic mass is 9.94. The molecular formula is C42H36Cl3N3O6. The second kappa shape index (κ2) is 17.3. The molecule has 3 atom stereocenters. The second-order valence-corrected chi connectivity index (χ2v) is 13.7. The predicted molar refractivity (Wildman–Crippen MR) is 208 cm³/mol. The lowest BCUT2D eigenvalue weighted by molar-refractivity contribution is -0.145. The van der Waals surface area contributed by atoms with Crippen LogP contribution in [-0.4, -0.2) is 37.7 Å². The highest BCUT2D eigenvalue weighted by Gasteiger charge is 2.31. The average molecular weight is 785 g/mol. The van der Waals surface area contributed by atoms with Gasteiger partial charge in [0.25, 0.3) is 0 Å². The molecule has 276 valence electrons. The standard InChI is InChI=1S/C42H35Cl2N3O6.ClH/c1-50-42(49)37(17-25-2-7-28(8-3-25)29-9-4-26(21-45)5-10-29)47-41(48)36-18-31-19-38-39(20-32(31)22-46-36)53-40(24-52-38)30-11-13-33(14-12-30)51-23-27-6-15-34(43)35(44)16-27;/h2-16,19-20,36-37,40,46H,17-18,22-24H2,1H3,(H,47,48);1H/t36?,37-,40+;/m0./s1. The quantitative estimate of drug-likeness (QED) is 0.137. The minimum Gasteiger partial charge on any atom is -0.489 e. The van der Waals surface area contributed by atoms with Gasteiger partial charge in [0.2, 0.25) is 5.91 Å². The highest BCUT2D eigenvalue weighted by molar-refractivity contribution is 6.42. The number of amides is 1. The molecule has 5 aromatic carbocycles. The molecule has 54 heavy (non-hydrogen) atoms. The molecular weight excluding hydrogens is 749 g/mol. The van der Waals surface area contributed by atoms with Crippen molar-refractivity contribution >= 4 is 47.5 Å². The van der Waals surface area contributed by atoms with E-state index in [1.165, 1.54) is 7.11 Å². The van der Waals surface area contributed by atoms with Crippen LogP contribution in [0.5, 0.6) is 17.2 Å². The van der Waals surface area contributed by atoms with Crippen molar-refractivity contribution < 1.29 is 28.5 Å². The molecule has 0 aromatic heterocycles. The van der Waals surface area contributed by atoms with E-state index in [-0.39, 0.29) is 30.8 Å². The van der Waals surface area contributed by atoms with Gasteiger partial charge in [-0.1, -0.05) is 77.8 Å². The summed E-state index contributed by atoms with van der Waals surface area (Å²) in [7, 11) is 1.31. The minimum absolute atomic E-state index is 0. The molecule has 0 radical (unpaired) electrons. The van der Waals surface area contributed by atoms with Crippen LogP contribution in [0.2, 0.25) is 10.0 Å². The Kier molecular flexibility index (Phi) is 12.3. The van der Waals surface area contributed by atoms with E-state index in [0.29, 0.717) is 59.0 Å². The van der Waals surface area contributed by atoms with Gasteiger partial charge in [-0.2, -0.15) is 5.26 Å². The van der Waals surface area contributed by atoms with E-state index < -0.39 is 18.1 Å². The average Bonchev–Trinajstić information content (AvgIpc) is 3.20. The summed E-state index contributed by atoms with van der Waals surface area (Å²) < 4.78 is 23.5. The first-order chi connectivity index (χ1) is 25.8. The summed E-state index contributed by atoms with van der Waals surface area (Å²) in [5.41, 5.74) is 7.27. The number of nitrogens with zero attached hydrogens (tertiary/aromatic N) is 1. The number of nitrogens with one attached hydrogen (secondary N) is 2. The summed E-state index contributed by atoms with van der Waals surface area (Å²) in [5, 5.41) is 16.3. The van der Waals surface area contributed by atoms with Gasteiger partial charge in [-0.15, -0.1) is 12.4 Å². The van der Waals surface area contributed by atoms with E-state index in [9.17, 15) is 9.59 Å². The molecule has 1 amide bonds. The maximum absolute atomic E-state index is 13.5. The summed E-state index contributed by atoms with van der Waals surface area (Å²) in [6.45, 7) is 1.13. The highest BCUT2D eigenvalue weighted by atomic mass is 35.5. The fraction of sp³-hybridized carbons (Fsp3) is 0.214. The van der Waals surface area contributed by atoms with Crippen molar-refractivity contribution in [2.75, 3.05) is 13.7 Å². The van der Waals surface area contributed by atoms with Gasteiger partial charge >= 0.3 is 5.97 Å². The number of hydrogen-bond donors (Lipinski definition) is 2. The number of carbonyl (C=O) groups excluding carboxylic acids is 2. The molecule has 0 aliphatic carbocycles. The maximum Gasteiger partial charge on any atom is 0.328 e. The summed E-state index contributed by atoms with van der Waals surface area (Å²) in [4.78, 5) is 26.3. The van der Waals surface area contributed by atoms with Crippen LogP contribution in [0, 0.1) is 11.3 Å². The Morgan fingerprint density at radius 1 is 0.889 bits per heavy atom. The lowest BCUT2D eigenvalue weighted by Crippen LogP contribution is -2.53. The van der Waals surface area contributed by atoms with Crippen molar-refractivity contribution in [1.82, 2.24) is 10.6 Å². The van der Waals surface area contributed by atoms with Gasteiger partial charge < -0.3 is 29.6 Å². The third-order valence-corrected chi connectivity index (χ3v) is 10.1. The van der Waals surface area contributed by atoms with Crippen LogP contribution < -0.4 is 24.8 Å². The first-order valence-electron chi connectivity index (χ1n) is 17.1. The number of rotatable bonds is 10. The van der Waals surface area contributed by atoms with Crippen LogP contribution in [-0.2, 0) is 40.3 Å². The van der Waals surface area contributed by atoms with Gasteiger partial charge in [0.15, 0.2) is 17.6 Å². The van der Waals surface area contributed by atoms with Crippen molar-refractivity contribution in [3.63, 3.8) is 0 Å². The van der Waals surface area contributed by atoms with Gasteiger partial charge in [0.1, 0.15) is 25.0 Å². The van der Waals surface area contributed by atoms with Gasteiger partial charge in [0.05, 0.1) is 34.8 Å². The third-order valence-electron chi connectivity index (χ3n) is 9.39. The van der Waals surface area contributed by atoms with Crippen LogP contribution in [0.4, 0.5) is 0 Å². The molecule has 0 saturated heterocycles. The van der Waals surface area contributed by atoms with Crippen LogP contribution in [0.3, 0.4) is 0 Å². The zero-order valence-electron chi connectivity index (χ0n) is 29.1. The van der Waals surface area contributed by atoms with Gasteiger partial charge in [-0.3, -0.25) is 4.79 Å². The first-order valence-corrected chi connectivity index (χ1v) is 17.8. The van der Waals surface area contributed by atoms with E-state index in [4.69, 9.17) is 47.4 Å². The molecule has 0 saturated carbocycles. The van der Waals surface area contributed by atoms with E-state index in [2.05, 4.69) is 16.7 Å². The van der Waals surface area contributed by atoms with Crippen LogP contribution in [0.1, 0.15) is 39.5 Å². The Labute approximate surface area is 329 Å². The van der Waals surface area contributed by atoms with Crippen molar-refractivity contribution in [1.29, 1.82) is 5.26 Å². The van der Waals surface area contributed by atoms with Crippen molar-refractivity contribution in [3.05, 3.63) is 147 Å². The molecule has 12 heteroatoms. The van der Waals surface area contributed by atoms with E-state index >= 15 is 0 Å². The Morgan fingerprint density at radius 2 is 1.57 bits per heavy atom. The molecule has 7 rings (SSSR count). The zero-order valence-corrected chi connectivity index (χ0v) is 31.5. The molecule has 2 aliphatic heterocycles. The highest BCUT2D eigenvalue weighted by Crippen LogP contribution is 2.40. The second-order valence-electron chi connectivity index (χ2n) is 12.9. The first kappa shape index (κ1) is 38.5. The molecule has 5 aromatic rings. The van der Waals surface area contributed by atoms with Gasteiger partial charge in [0, 0.05) is 13.0 Å². The molecule has 0 bridgehead atoms. The molecule has 2 aliphatic rings. The summed E-state index contributed by atoms with van der Waals surface area (Å²) in [6, 6.07) is 32.8. The van der Waals surface area contributed by atoms with E-state index in [1.54, 1.807) is 24.3 Å². The predicted octanol–water partition coefficient (Wildman–Crippen LogP) is 7.96. The number of fused-ring (bicyclic) bond motifs is 2. The number of esters is 1. The number of hydrogen-bond acceptors (Lipinski definition) is 8.